The second kappa shape index (κ2) is 11.9. The fourth-order valence-corrected chi connectivity index (χ4v) is 4.06. The summed E-state index contributed by atoms with van der Waals surface area (Å²) in [4.78, 5) is 50.8. The maximum Gasteiger partial charge on any atom is 0.338 e. The Morgan fingerprint density at radius 2 is 1.42 bits per heavy atom. The van der Waals surface area contributed by atoms with Crippen molar-refractivity contribution >= 4 is 52.6 Å². The number of esters is 1. The lowest BCUT2D eigenvalue weighted by molar-refractivity contribution is -0.138. The van der Waals surface area contributed by atoms with E-state index in [0.717, 1.165) is 16.0 Å². The van der Waals surface area contributed by atoms with Crippen molar-refractivity contribution in [2.75, 3.05) is 11.9 Å². The van der Waals surface area contributed by atoms with Crippen LogP contribution >= 0.6 is 23.2 Å². The molecule has 1 heterocycles. The van der Waals surface area contributed by atoms with E-state index in [-0.39, 0.29) is 36.3 Å². The highest BCUT2D eigenvalue weighted by Crippen LogP contribution is 2.25. The summed E-state index contributed by atoms with van der Waals surface area (Å²) in [6.07, 6.45) is 0. The number of nitrogens with zero attached hydrogens (tertiary/aromatic N) is 1. The topological polar surface area (TPSA) is 105 Å². The molecule has 0 unspecified atom stereocenters. The van der Waals surface area contributed by atoms with Crippen molar-refractivity contribution in [2.24, 2.45) is 0 Å². The molecule has 0 saturated carbocycles. The quantitative estimate of drug-likeness (QED) is 0.290. The van der Waals surface area contributed by atoms with Crippen LogP contribution in [0.5, 0.6) is 0 Å². The van der Waals surface area contributed by atoms with E-state index in [1.165, 1.54) is 0 Å². The number of amides is 3. The van der Waals surface area contributed by atoms with Crippen LogP contribution < -0.4 is 10.6 Å². The minimum Gasteiger partial charge on any atom is -0.462 e. The smallest absolute Gasteiger partial charge is 0.338 e. The van der Waals surface area contributed by atoms with Crippen molar-refractivity contribution in [3.63, 3.8) is 0 Å². The molecule has 3 aromatic rings. The number of nitrogens with one attached hydrogen (secondary N) is 2. The van der Waals surface area contributed by atoms with Gasteiger partial charge < -0.3 is 15.4 Å². The van der Waals surface area contributed by atoms with Crippen molar-refractivity contribution in [3.05, 3.63) is 111 Å². The average molecular weight is 552 g/mol. The van der Waals surface area contributed by atoms with Gasteiger partial charge in [0.1, 0.15) is 10.7 Å². The van der Waals surface area contributed by atoms with Crippen molar-refractivity contribution in [3.8, 4) is 0 Å². The van der Waals surface area contributed by atoms with Gasteiger partial charge in [-0.1, -0.05) is 47.5 Å². The van der Waals surface area contributed by atoms with Gasteiger partial charge in [-0.15, -0.1) is 0 Å². The van der Waals surface area contributed by atoms with Crippen LogP contribution in [0, 0.1) is 0 Å². The van der Waals surface area contributed by atoms with Gasteiger partial charge in [-0.3, -0.25) is 19.3 Å². The first-order valence-electron chi connectivity index (χ1n) is 11.7. The van der Waals surface area contributed by atoms with E-state index in [4.69, 9.17) is 27.9 Å². The molecular formula is C28H23Cl2N3O5. The van der Waals surface area contributed by atoms with Crippen molar-refractivity contribution in [1.82, 2.24) is 10.2 Å². The fraction of sp³-hybridized carbons (Fsp3) is 0.143. The Bertz CT molecular complexity index is 1400. The largest absolute Gasteiger partial charge is 0.462 e. The van der Waals surface area contributed by atoms with Crippen molar-refractivity contribution in [2.45, 2.75) is 20.0 Å². The summed E-state index contributed by atoms with van der Waals surface area (Å²) in [7, 11) is 0. The first-order chi connectivity index (χ1) is 18.3. The van der Waals surface area contributed by atoms with Crippen LogP contribution in [-0.2, 0) is 27.4 Å². The third kappa shape index (κ3) is 6.22. The third-order valence-electron chi connectivity index (χ3n) is 5.70. The molecule has 0 atom stereocenters. The monoisotopic (exact) mass is 551 g/mol. The first kappa shape index (κ1) is 26.9. The number of rotatable bonds is 9. The molecule has 194 valence electrons. The van der Waals surface area contributed by atoms with Crippen LogP contribution in [0.2, 0.25) is 5.02 Å². The molecular weight excluding hydrogens is 529 g/mol. The van der Waals surface area contributed by atoms with Gasteiger partial charge in [-0.05, 0) is 66.6 Å². The number of imide groups is 1. The molecule has 38 heavy (non-hydrogen) atoms. The molecule has 0 radical (unpaired) electrons. The zero-order valence-corrected chi connectivity index (χ0v) is 21.8. The van der Waals surface area contributed by atoms with Gasteiger partial charge in [0.25, 0.3) is 17.7 Å². The molecule has 3 amide bonds. The number of carbonyl (C=O) groups is 4. The molecule has 0 bridgehead atoms. The molecule has 3 aromatic carbocycles. The van der Waals surface area contributed by atoms with Gasteiger partial charge in [0, 0.05) is 22.8 Å². The number of ether oxygens (including phenoxy) is 1. The highest BCUT2D eigenvalue weighted by Gasteiger charge is 2.37. The molecule has 0 aliphatic carbocycles. The molecule has 10 heteroatoms. The molecule has 4 rings (SSSR count). The number of anilines is 1. The molecule has 8 nitrogen and oxygen atoms in total. The Morgan fingerprint density at radius 1 is 0.816 bits per heavy atom. The fourth-order valence-electron chi connectivity index (χ4n) is 3.69. The summed E-state index contributed by atoms with van der Waals surface area (Å²) in [6.45, 7) is 2.31. The van der Waals surface area contributed by atoms with Gasteiger partial charge in [0.05, 0.1) is 18.7 Å². The molecule has 1 aliphatic rings. The van der Waals surface area contributed by atoms with E-state index in [1.807, 2.05) is 0 Å². The maximum absolute atomic E-state index is 12.8. The summed E-state index contributed by atoms with van der Waals surface area (Å²) >= 11 is 12.1. The van der Waals surface area contributed by atoms with Gasteiger partial charge in [0.15, 0.2) is 0 Å². The van der Waals surface area contributed by atoms with Gasteiger partial charge in [0.2, 0.25) is 0 Å². The second-order valence-electron chi connectivity index (χ2n) is 8.31. The van der Waals surface area contributed by atoms with E-state index in [2.05, 4.69) is 10.6 Å². The number of carbonyl (C=O) groups excluding carboxylic acids is 4. The van der Waals surface area contributed by atoms with Crippen LogP contribution in [0.25, 0.3) is 0 Å². The summed E-state index contributed by atoms with van der Waals surface area (Å²) in [6, 6.07) is 20.0. The zero-order chi connectivity index (χ0) is 27.2. The normalized spacial score (nSPS) is 13.1. The van der Waals surface area contributed by atoms with Gasteiger partial charge in [-0.25, -0.2) is 4.79 Å². The highest BCUT2D eigenvalue weighted by molar-refractivity contribution is 6.47. The van der Waals surface area contributed by atoms with Crippen LogP contribution in [0.3, 0.4) is 0 Å². The molecule has 0 saturated heterocycles. The van der Waals surface area contributed by atoms with Gasteiger partial charge >= 0.3 is 5.97 Å². The Hall–Kier alpha value is -4.14. The second-order valence-corrected chi connectivity index (χ2v) is 9.13. The first-order valence-corrected chi connectivity index (χ1v) is 12.4. The van der Waals surface area contributed by atoms with Crippen molar-refractivity contribution < 1.29 is 23.9 Å². The summed E-state index contributed by atoms with van der Waals surface area (Å²) in [5.41, 5.74) is 2.88. The molecule has 1 aliphatic heterocycles. The van der Waals surface area contributed by atoms with Crippen LogP contribution in [0.4, 0.5) is 5.69 Å². The van der Waals surface area contributed by atoms with E-state index in [1.54, 1.807) is 79.7 Å². The molecule has 0 spiro atoms. The Labute approximate surface area is 229 Å². The molecule has 2 N–H and O–H groups in total. The number of halogens is 2. The lowest BCUT2D eigenvalue weighted by Gasteiger charge is -2.15. The lowest BCUT2D eigenvalue weighted by atomic mass is 10.1. The van der Waals surface area contributed by atoms with E-state index >= 15 is 0 Å². The molecule has 0 aromatic heterocycles. The zero-order valence-electron chi connectivity index (χ0n) is 20.3. The van der Waals surface area contributed by atoms with E-state index in [0.29, 0.717) is 21.8 Å². The maximum atomic E-state index is 12.8. The number of benzene rings is 3. The van der Waals surface area contributed by atoms with Crippen LogP contribution in [0.15, 0.2) is 83.5 Å². The highest BCUT2D eigenvalue weighted by atomic mass is 35.5. The van der Waals surface area contributed by atoms with Crippen molar-refractivity contribution in [1.29, 1.82) is 0 Å². The van der Waals surface area contributed by atoms with Gasteiger partial charge in [-0.2, -0.15) is 0 Å². The molecule has 0 fully saturated rings. The lowest BCUT2D eigenvalue weighted by Crippen LogP contribution is -2.33. The minimum absolute atomic E-state index is 0.0266. The average Bonchev–Trinajstić information content (AvgIpc) is 3.12. The van der Waals surface area contributed by atoms with E-state index < -0.39 is 17.8 Å². The Kier molecular flexibility index (Phi) is 8.45. The standard InChI is InChI=1S/C28H23Cl2N3O5/c1-2-38-28(37)20-9-13-22(14-10-20)32-25(34)19-7-3-17(4-8-19)15-31-24-23(30)26(35)33(27(24)36)16-18-5-11-21(29)12-6-18/h3-14,31H,2,15-16H2,1H3,(H,32,34). The number of hydrogen-bond acceptors (Lipinski definition) is 6. The Balaban J connectivity index is 1.33. The van der Waals surface area contributed by atoms with E-state index in [9.17, 15) is 19.2 Å². The minimum atomic E-state index is -0.573. The summed E-state index contributed by atoms with van der Waals surface area (Å²) in [5.74, 6) is -1.84. The predicted octanol–water partition coefficient (Wildman–Crippen LogP) is 4.88. The predicted molar refractivity (Wildman–Crippen MR) is 144 cm³/mol. The Morgan fingerprint density at radius 3 is 2.05 bits per heavy atom. The SMILES string of the molecule is CCOC(=O)c1ccc(NC(=O)c2ccc(CNC3=C(Cl)C(=O)N(Cc4ccc(Cl)cc4)C3=O)cc2)cc1. The summed E-state index contributed by atoms with van der Waals surface area (Å²) < 4.78 is 4.95. The van der Waals surface area contributed by atoms with Crippen LogP contribution in [0.1, 0.15) is 38.8 Å². The third-order valence-corrected chi connectivity index (χ3v) is 6.31. The van der Waals surface area contributed by atoms with Crippen LogP contribution in [-0.4, -0.2) is 35.2 Å². The number of hydrogen-bond donors (Lipinski definition) is 2. The summed E-state index contributed by atoms with van der Waals surface area (Å²) in [5, 5.41) is 6.09.